The van der Waals surface area contributed by atoms with E-state index in [2.05, 4.69) is 35.5 Å². The third kappa shape index (κ3) is 6.25. The Morgan fingerprint density at radius 1 is 0.905 bits per heavy atom. The van der Waals surface area contributed by atoms with Crippen LogP contribution in [0.3, 0.4) is 0 Å². The lowest BCUT2D eigenvalue weighted by Gasteiger charge is -2.43. The van der Waals surface area contributed by atoms with E-state index in [9.17, 15) is 0 Å². The Labute approximate surface area is 133 Å². The Morgan fingerprint density at radius 3 is 1.95 bits per heavy atom. The van der Waals surface area contributed by atoms with Gasteiger partial charge < -0.3 is 9.80 Å². The maximum Gasteiger partial charge on any atom is 0.0121 e. The topological polar surface area (TPSA) is 9.72 Å². The maximum absolute atomic E-state index is 2.76. The Hall–Kier alpha value is -0.120. The molecule has 2 rings (SSSR count). The van der Waals surface area contributed by atoms with Gasteiger partial charge in [0.25, 0.3) is 0 Å². The number of hydrogen-bond donors (Lipinski definition) is 0. The molecule has 3 heteroatoms. The first-order chi connectivity index (χ1) is 10.2. The lowest BCUT2D eigenvalue weighted by atomic mass is 10.0. The molecule has 0 aromatic rings. The van der Waals surface area contributed by atoms with Crippen molar-refractivity contribution in [2.75, 3.05) is 45.8 Å². The third-order valence-corrected chi connectivity index (χ3v) is 4.98. The molecule has 0 amide bonds. The molecule has 0 N–H and O–H groups in total. The maximum atomic E-state index is 2.76. The van der Waals surface area contributed by atoms with Crippen LogP contribution in [0.4, 0.5) is 0 Å². The molecule has 0 spiro atoms. The zero-order valence-corrected chi connectivity index (χ0v) is 15.3. The highest BCUT2D eigenvalue weighted by Crippen LogP contribution is 2.19. The predicted octanol–water partition coefficient (Wildman–Crippen LogP) is 3.30. The van der Waals surface area contributed by atoms with Crippen LogP contribution in [0.25, 0.3) is 0 Å². The van der Waals surface area contributed by atoms with Gasteiger partial charge in [-0.1, -0.05) is 27.2 Å². The zero-order chi connectivity index (χ0) is 15.7. The molecule has 0 aromatic carbocycles. The number of nitrogens with zero attached hydrogens (tertiary/aromatic N) is 3. The van der Waals surface area contributed by atoms with Gasteiger partial charge in [-0.15, -0.1) is 0 Å². The largest absolute Gasteiger partial charge is 0.301 e. The SMILES string of the molecule is CC.CCCCN1CCN(C2CCN(C(C)C)CC2)CC1. The number of piperidine rings is 1. The molecule has 0 atom stereocenters. The number of piperazine rings is 1. The number of hydrogen-bond acceptors (Lipinski definition) is 3. The zero-order valence-electron chi connectivity index (χ0n) is 15.3. The average molecular weight is 298 g/mol. The minimum atomic E-state index is 0.729. The fourth-order valence-corrected chi connectivity index (χ4v) is 3.50. The molecule has 0 aliphatic carbocycles. The highest BCUT2D eigenvalue weighted by Gasteiger charge is 2.27. The monoisotopic (exact) mass is 297 g/mol. The quantitative estimate of drug-likeness (QED) is 0.771. The van der Waals surface area contributed by atoms with Gasteiger partial charge >= 0.3 is 0 Å². The summed E-state index contributed by atoms with van der Waals surface area (Å²) in [5, 5.41) is 0. The van der Waals surface area contributed by atoms with Gasteiger partial charge in [-0.3, -0.25) is 4.90 Å². The van der Waals surface area contributed by atoms with E-state index in [1.165, 1.54) is 71.5 Å². The van der Waals surface area contributed by atoms with E-state index in [1.807, 2.05) is 13.8 Å². The van der Waals surface area contributed by atoms with Crippen LogP contribution in [0.1, 0.15) is 60.3 Å². The molecular weight excluding hydrogens is 258 g/mol. The smallest absolute Gasteiger partial charge is 0.0121 e. The first kappa shape index (κ1) is 18.9. The van der Waals surface area contributed by atoms with Crippen LogP contribution in [0.15, 0.2) is 0 Å². The van der Waals surface area contributed by atoms with E-state index in [-0.39, 0.29) is 0 Å². The average Bonchev–Trinajstić information content (AvgIpc) is 2.55. The highest BCUT2D eigenvalue weighted by molar-refractivity contribution is 4.84. The fourth-order valence-electron chi connectivity index (χ4n) is 3.50. The Morgan fingerprint density at radius 2 is 1.48 bits per heavy atom. The predicted molar refractivity (Wildman–Crippen MR) is 94.0 cm³/mol. The second-order valence-electron chi connectivity index (χ2n) is 6.59. The van der Waals surface area contributed by atoms with Crippen LogP contribution >= 0.6 is 0 Å². The van der Waals surface area contributed by atoms with Crippen LogP contribution in [-0.2, 0) is 0 Å². The highest BCUT2D eigenvalue weighted by atomic mass is 15.3. The molecule has 21 heavy (non-hydrogen) atoms. The van der Waals surface area contributed by atoms with Gasteiger partial charge in [0.05, 0.1) is 0 Å². The number of likely N-dealkylation sites (tertiary alicyclic amines) is 1. The van der Waals surface area contributed by atoms with Gasteiger partial charge in [0.1, 0.15) is 0 Å². The first-order valence-electron chi connectivity index (χ1n) is 9.41. The van der Waals surface area contributed by atoms with Gasteiger partial charge in [-0.25, -0.2) is 0 Å². The Balaban J connectivity index is 0.00000106. The van der Waals surface area contributed by atoms with Crippen molar-refractivity contribution in [2.24, 2.45) is 0 Å². The van der Waals surface area contributed by atoms with Crippen molar-refractivity contribution >= 4 is 0 Å². The Bertz CT molecular complexity index is 239. The summed E-state index contributed by atoms with van der Waals surface area (Å²) in [6.07, 6.45) is 5.46. The molecule has 2 aliphatic heterocycles. The van der Waals surface area contributed by atoms with Gasteiger partial charge in [0, 0.05) is 38.3 Å². The first-order valence-corrected chi connectivity index (χ1v) is 9.41. The molecule has 0 unspecified atom stereocenters. The second-order valence-corrected chi connectivity index (χ2v) is 6.59. The number of rotatable bonds is 5. The summed E-state index contributed by atoms with van der Waals surface area (Å²) in [5.41, 5.74) is 0. The van der Waals surface area contributed by atoms with E-state index in [0.29, 0.717) is 0 Å². The summed E-state index contributed by atoms with van der Waals surface area (Å²) in [7, 11) is 0. The summed E-state index contributed by atoms with van der Waals surface area (Å²) >= 11 is 0. The van der Waals surface area contributed by atoms with Gasteiger partial charge in [-0.05, 0) is 52.7 Å². The van der Waals surface area contributed by atoms with E-state index in [0.717, 1.165) is 12.1 Å². The lowest BCUT2D eigenvalue weighted by Crippen LogP contribution is -2.53. The normalized spacial score (nSPS) is 23.1. The van der Waals surface area contributed by atoms with Crippen molar-refractivity contribution in [3.05, 3.63) is 0 Å². The van der Waals surface area contributed by atoms with Crippen LogP contribution in [0.5, 0.6) is 0 Å². The van der Waals surface area contributed by atoms with E-state index < -0.39 is 0 Å². The van der Waals surface area contributed by atoms with Gasteiger partial charge in [0.15, 0.2) is 0 Å². The van der Waals surface area contributed by atoms with Crippen LogP contribution in [0, 0.1) is 0 Å². The molecule has 0 radical (unpaired) electrons. The van der Waals surface area contributed by atoms with Gasteiger partial charge in [0.2, 0.25) is 0 Å². The molecule has 2 saturated heterocycles. The summed E-state index contributed by atoms with van der Waals surface area (Å²) in [6.45, 7) is 20.1. The lowest BCUT2D eigenvalue weighted by molar-refractivity contribution is 0.0516. The molecule has 2 aliphatic rings. The summed E-state index contributed by atoms with van der Waals surface area (Å²) < 4.78 is 0. The third-order valence-electron chi connectivity index (χ3n) is 4.98. The molecule has 3 nitrogen and oxygen atoms in total. The van der Waals surface area contributed by atoms with E-state index in [1.54, 1.807) is 0 Å². The van der Waals surface area contributed by atoms with E-state index in [4.69, 9.17) is 0 Å². The van der Waals surface area contributed by atoms with Crippen molar-refractivity contribution in [1.29, 1.82) is 0 Å². The molecular formula is C18H39N3. The molecule has 0 aromatic heterocycles. The van der Waals surface area contributed by atoms with Crippen LogP contribution < -0.4 is 0 Å². The minimum Gasteiger partial charge on any atom is -0.301 e. The summed E-state index contributed by atoms with van der Waals surface area (Å²) in [4.78, 5) is 8.05. The molecule has 2 heterocycles. The fraction of sp³-hybridized carbons (Fsp3) is 1.00. The van der Waals surface area contributed by atoms with Gasteiger partial charge in [-0.2, -0.15) is 0 Å². The minimum absolute atomic E-state index is 0.729. The van der Waals surface area contributed by atoms with E-state index >= 15 is 0 Å². The van der Waals surface area contributed by atoms with Crippen LogP contribution in [-0.4, -0.2) is 72.6 Å². The molecule has 2 fully saturated rings. The second kappa shape index (κ2) is 10.6. The summed E-state index contributed by atoms with van der Waals surface area (Å²) in [5.74, 6) is 0. The number of unbranched alkanes of at least 4 members (excludes halogenated alkanes) is 1. The molecule has 0 bridgehead atoms. The Kier molecular flexibility index (Phi) is 9.54. The van der Waals surface area contributed by atoms with Crippen molar-refractivity contribution in [1.82, 2.24) is 14.7 Å². The molecule has 0 saturated carbocycles. The van der Waals surface area contributed by atoms with Crippen LogP contribution in [0.2, 0.25) is 0 Å². The van der Waals surface area contributed by atoms with Crippen molar-refractivity contribution in [3.63, 3.8) is 0 Å². The molecule has 126 valence electrons. The van der Waals surface area contributed by atoms with Crippen molar-refractivity contribution in [2.45, 2.75) is 72.4 Å². The van der Waals surface area contributed by atoms with Crippen molar-refractivity contribution < 1.29 is 0 Å². The standard InChI is InChI=1S/C16H33N3.C2H6/c1-4-5-8-17-11-13-19(14-12-17)16-6-9-18(10-7-16)15(2)3;1-2/h15-16H,4-14H2,1-3H3;1-2H3. The van der Waals surface area contributed by atoms with Crippen molar-refractivity contribution in [3.8, 4) is 0 Å². The summed E-state index contributed by atoms with van der Waals surface area (Å²) in [6, 6.07) is 1.59.